The minimum atomic E-state index is -1.32. The fourth-order valence-corrected chi connectivity index (χ4v) is 8.37. The van der Waals surface area contributed by atoms with Crippen LogP contribution in [0.5, 0.6) is 0 Å². The standard InChI is InChI=1S/C37H44BrN3O7/c1-4-7-18-29(43)39-21-28(25-16-12-9-13-17-25)47-36(46)30-31-34(44)41(26(6-3)23-42)33(37(31)20-27(38)32(30)48-37)35(45)40(19-5-2)22-24-14-10-8-11-15-24/h4-5,8-17,26-28,30-33,42H,1-2,6-7,18-23H2,3H3,(H,39,43)/t26-,27?,28+,30+,31-,32+,33+,37-/m0/s1. The summed E-state index contributed by atoms with van der Waals surface area (Å²) in [7, 11) is 0. The van der Waals surface area contributed by atoms with Crippen LogP contribution in [0.15, 0.2) is 86.0 Å². The van der Waals surface area contributed by atoms with E-state index in [4.69, 9.17) is 9.47 Å². The molecule has 3 heterocycles. The average molecular weight is 723 g/mol. The topological polar surface area (TPSA) is 125 Å². The highest BCUT2D eigenvalue weighted by Gasteiger charge is 2.77. The Hall–Kier alpha value is -3.80. The predicted octanol–water partition coefficient (Wildman–Crippen LogP) is 4.09. The van der Waals surface area contributed by atoms with Crippen molar-refractivity contribution in [2.45, 2.75) is 73.9 Å². The monoisotopic (exact) mass is 721 g/mol. The van der Waals surface area contributed by atoms with E-state index in [9.17, 15) is 24.3 Å². The van der Waals surface area contributed by atoms with Crippen molar-refractivity contribution in [3.05, 3.63) is 97.1 Å². The Balaban J connectivity index is 1.48. The molecule has 11 heteroatoms. The van der Waals surface area contributed by atoms with Crippen molar-refractivity contribution in [2.75, 3.05) is 19.7 Å². The summed E-state index contributed by atoms with van der Waals surface area (Å²) in [4.78, 5) is 58.7. The van der Waals surface area contributed by atoms with Crippen LogP contribution in [0.4, 0.5) is 0 Å². The molecule has 5 rings (SSSR count). The number of carbonyl (C=O) groups excluding carboxylic acids is 4. The molecule has 3 saturated heterocycles. The molecule has 3 aliphatic rings. The average Bonchev–Trinajstić information content (AvgIpc) is 3.70. The van der Waals surface area contributed by atoms with Gasteiger partial charge in [0.05, 0.1) is 37.1 Å². The quantitative estimate of drug-likeness (QED) is 0.152. The molecule has 2 N–H and O–H groups in total. The summed E-state index contributed by atoms with van der Waals surface area (Å²) in [5, 5.41) is 13.3. The first kappa shape index (κ1) is 35.5. The number of allylic oxidation sites excluding steroid dienone is 1. The van der Waals surface area contributed by atoms with E-state index >= 15 is 0 Å². The van der Waals surface area contributed by atoms with Crippen molar-refractivity contribution in [3.8, 4) is 0 Å². The Labute approximate surface area is 290 Å². The molecule has 10 nitrogen and oxygen atoms in total. The number of ether oxygens (including phenoxy) is 2. The summed E-state index contributed by atoms with van der Waals surface area (Å²) in [6.45, 7) is 9.56. The first-order chi connectivity index (χ1) is 23.2. The molecule has 2 aromatic carbocycles. The molecule has 0 radical (unpaired) electrons. The molecule has 0 aliphatic carbocycles. The van der Waals surface area contributed by atoms with Crippen LogP contribution in [0.3, 0.4) is 0 Å². The molecule has 1 spiro atoms. The lowest BCUT2D eigenvalue weighted by Crippen LogP contribution is -2.58. The van der Waals surface area contributed by atoms with Crippen LogP contribution in [0.25, 0.3) is 0 Å². The second-order valence-electron chi connectivity index (χ2n) is 12.6. The minimum Gasteiger partial charge on any atom is -0.455 e. The number of amides is 3. The van der Waals surface area contributed by atoms with Crippen LogP contribution in [-0.2, 0) is 35.2 Å². The van der Waals surface area contributed by atoms with Gasteiger partial charge in [0.2, 0.25) is 17.7 Å². The van der Waals surface area contributed by atoms with Gasteiger partial charge in [-0.3, -0.25) is 19.2 Å². The van der Waals surface area contributed by atoms with Gasteiger partial charge in [-0.25, -0.2) is 0 Å². The van der Waals surface area contributed by atoms with Crippen LogP contribution in [0.2, 0.25) is 0 Å². The summed E-state index contributed by atoms with van der Waals surface area (Å²) in [6.07, 6.45) is 3.24. The lowest BCUT2D eigenvalue weighted by molar-refractivity contribution is -0.161. The number of alkyl halides is 1. The smallest absolute Gasteiger partial charge is 0.313 e. The molecular weight excluding hydrogens is 678 g/mol. The van der Waals surface area contributed by atoms with E-state index < -0.39 is 53.6 Å². The number of nitrogens with one attached hydrogen (secondary N) is 1. The van der Waals surface area contributed by atoms with Gasteiger partial charge in [-0.15, -0.1) is 13.2 Å². The third kappa shape index (κ3) is 6.86. The zero-order valence-corrected chi connectivity index (χ0v) is 28.8. The van der Waals surface area contributed by atoms with E-state index in [0.717, 1.165) is 5.56 Å². The number of likely N-dealkylation sites (tertiary alicyclic amines) is 1. The number of hydrogen-bond acceptors (Lipinski definition) is 7. The number of nitrogens with zero attached hydrogens (tertiary/aromatic N) is 2. The number of esters is 1. The van der Waals surface area contributed by atoms with Gasteiger partial charge in [0, 0.05) is 24.3 Å². The SMILES string of the molecule is C=CCCC(=O)NC[C@@H](OC(=O)[C@H]1[C@@H]2O[C@@]3(CC2Br)[C@@H]1C(=O)N([C@@H](CC)CO)[C@@H]3C(=O)N(CC=C)Cc1ccccc1)c1ccccc1. The van der Waals surface area contributed by atoms with E-state index in [0.29, 0.717) is 24.8 Å². The third-order valence-electron chi connectivity index (χ3n) is 9.68. The fourth-order valence-electron chi connectivity index (χ4n) is 7.43. The van der Waals surface area contributed by atoms with E-state index in [1.54, 1.807) is 17.1 Å². The Morgan fingerprint density at radius 2 is 1.83 bits per heavy atom. The van der Waals surface area contributed by atoms with Gasteiger partial charge >= 0.3 is 5.97 Å². The number of carbonyl (C=O) groups is 4. The van der Waals surface area contributed by atoms with E-state index in [2.05, 4.69) is 34.4 Å². The predicted molar refractivity (Wildman–Crippen MR) is 183 cm³/mol. The molecule has 2 bridgehead atoms. The first-order valence-corrected chi connectivity index (χ1v) is 17.4. The van der Waals surface area contributed by atoms with Gasteiger partial charge in [-0.05, 0) is 30.4 Å². The van der Waals surface area contributed by atoms with Gasteiger partial charge in [0.15, 0.2) is 0 Å². The number of aliphatic hydroxyl groups excluding tert-OH is 1. The zero-order valence-electron chi connectivity index (χ0n) is 27.2. The molecule has 3 amide bonds. The fraction of sp³-hybridized carbons (Fsp3) is 0.459. The molecule has 8 atom stereocenters. The largest absolute Gasteiger partial charge is 0.455 e. The molecule has 1 unspecified atom stereocenters. The molecule has 256 valence electrons. The highest BCUT2D eigenvalue weighted by Crippen LogP contribution is 2.61. The highest BCUT2D eigenvalue weighted by molar-refractivity contribution is 9.09. The summed E-state index contributed by atoms with van der Waals surface area (Å²) < 4.78 is 12.8. The summed E-state index contributed by atoms with van der Waals surface area (Å²) in [6, 6.07) is 16.9. The number of aliphatic hydroxyl groups is 1. The van der Waals surface area contributed by atoms with Crippen molar-refractivity contribution < 1.29 is 33.8 Å². The Bertz CT molecular complexity index is 1490. The zero-order chi connectivity index (χ0) is 34.4. The lowest BCUT2D eigenvalue weighted by Gasteiger charge is -2.39. The Morgan fingerprint density at radius 1 is 1.15 bits per heavy atom. The van der Waals surface area contributed by atoms with E-state index in [1.165, 1.54) is 4.90 Å². The summed E-state index contributed by atoms with van der Waals surface area (Å²) >= 11 is 3.71. The molecular formula is C37H44BrN3O7. The molecule has 0 aromatic heterocycles. The number of benzene rings is 2. The van der Waals surface area contributed by atoms with Crippen LogP contribution in [0.1, 0.15) is 49.8 Å². The summed E-state index contributed by atoms with van der Waals surface area (Å²) in [5.41, 5.74) is 0.270. The third-order valence-corrected chi connectivity index (χ3v) is 10.5. The Morgan fingerprint density at radius 3 is 2.46 bits per heavy atom. The van der Waals surface area contributed by atoms with Gasteiger partial charge in [0.25, 0.3) is 0 Å². The molecule has 48 heavy (non-hydrogen) atoms. The second kappa shape index (κ2) is 15.6. The normalized spacial score (nSPS) is 26.8. The van der Waals surface area contributed by atoms with Gasteiger partial charge in [-0.2, -0.15) is 0 Å². The molecule has 3 aliphatic heterocycles. The number of hydrogen-bond donors (Lipinski definition) is 2. The van der Waals surface area contributed by atoms with Crippen molar-refractivity contribution >= 4 is 39.6 Å². The number of fused-ring (bicyclic) bond motifs is 1. The second-order valence-corrected chi connectivity index (χ2v) is 13.8. The minimum absolute atomic E-state index is 0.0388. The van der Waals surface area contributed by atoms with Gasteiger partial charge in [0.1, 0.15) is 17.7 Å². The summed E-state index contributed by atoms with van der Waals surface area (Å²) in [5.74, 6) is -3.61. The van der Waals surface area contributed by atoms with Gasteiger partial charge < -0.3 is 29.7 Å². The maximum Gasteiger partial charge on any atom is 0.313 e. The van der Waals surface area contributed by atoms with Crippen molar-refractivity contribution in [1.82, 2.24) is 15.1 Å². The Kier molecular flexibility index (Phi) is 11.5. The van der Waals surface area contributed by atoms with Crippen molar-refractivity contribution in [3.63, 3.8) is 0 Å². The number of rotatable bonds is 16. The van der Waals surface area contributed by atoms with E-state index in [1.807, 2.05) is 67.6 Å². The van der Waals surface area contributed by atoms with Crippen molar-refractivity contribution in [1.29, 1.82) is 0 Å². The lowest BCUT2D eigenvalue weighted by atomic mass is 9.70. The van der Waals surface area contributed by atoms with Crippen LogP contribution >= 0.6 is 15.9 Å². The van der Waals surface area contributed by atoms with Crippen molar-refractivity contribution in [2.24, 2.45) is 11.8 Å². The molecule has 3 fully saturated rings. The van der Waals surface area contributed by atoms with Crippen LogP contribution in [-0.4, -0.2) is 86.9 Å². The number of halogens is 1. The maximum absolute atomic E-state index is 14.7. The van der Waals surface area contributed by atoms with Crippen LogP contribution in [0, 0.1) is 11.8 Å². The molecule has 0 saturated carbocycles. The first-order valence-electron chi connectivity index (χ1n) is 16.5. The molecule has 2 aromatic rings. The highest BCUT2D eigenvalue weighted by atomic mass is 79.9. The van der Waals surface area contributed by atoms with Gasteiger partial charge in [-0.1, -0.05) is 95.7 Å². The maximum atomic E-state index is 14.7. The van der Waals surface area contributed by atoms with Crippen LogP contribution < -0.4 is 5.32 Å². The van der Waals surface area contributed by atoms with E-state index in [-0.39, 0.29) is 49.3 Å².